The number of halogens is 1. The number of rotatable bonds is 0. The van der Waals surface area contributed by atoms with Gasteiger partial charge in [0.1, 0.15) is 5.60 Å². The number of nitrogens with zero attached hydrogens (tertiary/aromatic N) is 1. The van der Waals surface area contributed by atoms with Crippen LogP contribution in [0.15, 0.2) is 0 Å². The number of hydrogen-bond acceptors (Lipinski definition) is 2. The van der Waals surface area contributed by atoms with Crippen LogP contribution >= 0.6 is 13.6 Å². The summed E-state index contributed by atoms with van der Waals surface area (Å²) in [5.41, 5.74) is -0.375. The van der Waals surface area contributed by atoms with Crippen LogP contribution in [0.25, 0.3) is 0 Å². The van der Waals surface area contributed by atoms with Crippen LogP contribution in [-0.4, -0.2) is 29.7 Å². The monoisotopic (exact) mass is 313 g/mol. The Hall–Kier alpha value is 0.373. The van der Waals surface area contributed by atoms with Crippen molar-refractivity contribution in [2.24, 2.45) is 0 Å². The molecule has 0 N–H and O–H groups in total. The van der Waals surface area contributed by atoms with Gasteiger partial charge in [0, 0.05) is 0 Å². The van der Waals surface area contributed by atoms with E-state index < -0.39 is 0 Å². The minimum atomic E-state index is -0.375. The van der Waals surface area contributed by atoms with Crippen LogP contribution < -0.4 is 0 Å². The molecule has 0 bridgehead atoms. The number of ether oxygens (including phenoxy) is 1. The second kappa shape index (κ2) is 6.78. The fourth-order valence-corrected chi connectivity index (χ4v) is 1.08. The summed E-state index contributed by atoms with van der Waals surface area (Å²) in [5.74, 6) is 0. The van der Waals surface area contributed by atoms with Crippen LogP contribution in [0.1, 0.15) is 27.2 Å². The Morgan fingerprint density at radius 1 is 1.50 bits per heavy atom. The third-order valence-corrected chi connectivity index (χ3v) is 1.60. The molecule has 0 saturated carbocycles. The van der Waals surface area contributed by atoms with Gasteiger partial charge in [-0.1, -0.05) is 6.54 Å². The zero-order chi connectivity index (χ0) is 11.2. The second-order valence-electron chi connectivity index (χ2n) is 4.00. The predicted molar refractivity (Wildman–Crippen MR) is 55.7 cm³/mol. The van der Waals surface area contributed by atoms with Crippen molar-refractivity contribution in [2.45, 2.75) is 32.8 Å². The number of amides is 1. The van der Waals surface area contributed by atoms with E-state index in [0.29, 0.717) is 0 Å². The van der Waals surface area contributed by atoms with E-state index in [2.05, 4.69) is 20.0 Å². The molecule has 0 atom stereocenters. The summed E-state index contributed by atoms with van der Waals surface area (Å²) in [7, 11) is 0. The summed E-state index contributed by atoms with van der Waals surface area (Å²) < 4.78 is 5.19. The summed E-state index contributed by atoms with van der Waals surface area (Å²) in [6.45, 7) is 7.17. The van der Waals surface area contributed by atoms with Gasteiger partial charge in [0.25, 0.3) is 0 Å². The molecule has 1 heterocycles. The molecular weight excluding hydrogens is 299 g/mol. The van der Waals surface area contributed by atoms with Gasteiger partial charge in [-0.2, -0.15) is 6.42 Å². The molecule has 78 valence electrons. The van der Waals surface area contributed by atoms with Crippen molar-refractivity contribution < 1.29 is 25.9 Å². The van der Waals surface area contributed by atoms with E-state index in [1.54, 1.807) is 4.90 Å². The number of carbonyl (C=O) groups excluding carboxylic acids is 1. The molecular formula is C9H16BrNO2Zn. The molecule has 0 aromatic carbocycles. The van der Waals surface area contributed by atoms with Gasteiger partial charge in [-0.05, 0) is 27.3 Å². The third-order valence-electron chi connectivity index (χ3n) is 1.60. The standard InChI is InChI=1S/C9H16NO2.BrH.Zn/c1-9(2,3)12-8(11)10-6-4-5-7-10;;/h4H,5-7H2,1-3H3;1H;/q-1;;+2/p-1. The maximum atomic E-state index is 11.3. The van der Waals surface area contributed by atoms with E-state index in [1.165, 1.54) is 16.3 Å². The Morgan fingerprint density at radius 3 is 2.43 bits per heavy atom. The van der Waals surface area contributed by atoms with E-state index in [4.69, 9.17) is 4.74 Å². The van der Waals surface area contributed by atoms with Gasteiger partial charge in [0.05, 0.1) is 0 Å². The fraction of sp³-hybridized carbons (Fsp3) is 0.778. The molecule has 1 saturated heterocycles. The average molecular weight is 316 g/mol. The van der Waals surface area contributed by atoms with Crippen molar-refractivity contribution >= 4 is 19.7 Å². The topological polar surface area (TPSA) is 29.5 Å². The molecule has 1 aliphatic rings. The Labute approximate surface area is 103 Å². The van der Waals surface area contributed by atoms with Gasteiger partial charge < -0.3 is 16.1 Å². The molecule has 0 aliphatic carbocycles. The molecule has 1 fully saturated rings. The molecule has 3 nitrogen and oxygen atoms in total. The Bertz CT molecular complexity index is 176. The van der Waals surface area contributed by atoms with Crippen molar-refractivity contribution in [3.63, 3.8) is 0 Å². The van der Waals surface area contributed by atoms with Gasteiger partial charge in [0.15, 0.2) is 0 Å². The van der Waals surface area contributed by atoms with Crippen LogP contribution in [0.2, 0.25) is 0 Å². The van der Waals surface area contributed by atoms with E-state index in [0.717, 1.165) is 19.5 Å². The predicted octanol–water partition coefficient (Wildman–Crippen LogP) is 2.67. The van der Waals surface area contributed by atoms with Crippen LogP contribution in [0, 0.1) is 6.42 Å². The maximum absolute atomic E-state index is 11.3. The van der Waals surface area contributed by atoms with E-state index in [-0.39, 0.29) is 11.7 Å². The van der Waals surface area contributed by atoms with Crippen molar-refractivity contribution in [3.8, 4) is 0 Å². The Balaban J connectivity index is 0.000000791. The van der Waals surface area contributed by atoms with Gasteiger partial charge in [-0.25, -0.2) is 4.79 Å². The molecule has 0 spiro atoms. The minimum absolute atomic E-state index is 0.198. The van der Waals surface area contributed by atoms with Gasteiger partial charge in [-0.15, -0.1) is 0 Å². The molecule has 0 aromatic heterocycles. The summed E-state index contributed by atoms with van der Waals surface area (Å²) in [6.07, 6.45) is 2.87. The molecule has 0 aromatic rings. The van der Waals surface area contributed by atoms with Crippen molar-refractivity contribution in [1.82, 2.24) is 4.90 Å². The summed E-state index contributed by atoms with van der Waals surface area (Å²) in [4.78, 5) is 13.1. The molecule has 1 rings (SSSR count). The molecule has 14 heavy (non-hydrogen) atoms. The summed E-state index contributed by atoms with van der Waals surface area (Å²) in [6, 6.07) is 0. The summed E-state index contributed by atoms with van der Waals surface area (Å²) in [5, 5.41) is 0. The zero-order valence-electron chi connectivity index (χ0n) is 9.05. The normalized spacial score (nSPS) is 16.0. The molecule has 0 radical (unpaired) electrons. The first-order valence-electron chi connectivity index (χ1n) is 4.55. The molecule has 0 unspecified atom stereocenters. The second-order valence-corrected chi connectivity index (χ2v) is 4.00. The van der Waals surface area contributed by atoms with Crippen molar-refractivity contribution in [1.29, 1.82) is 0 Å². The van der Waals surface area contributed by atoms with Crippen LogP contribution in [-0.2, 0) is 21.1 Å². The number of likely N-dealkylation sites (tertiary alicyclic amines) is 1. The van der Waals surface area contributed by atoms with E-state index >= 15 is 0 Å². The zero-order valence-corrected chi connectivity index (χ0v) is 13.6. The van der Waals surface area contributed by atoms with E-state index in [9.17, 15) is 4.79 Å². The molecule has 5 heteroatoms. The quantitative estimate of drug-likeness (QED) is 0.508. The first-order valence-corrected chi connectivity index (χ1v) is 11.5. The molecule has 1 amide bonds. The average Bonchev–Trinajstić information content (AvgIpc) is 2.56. The van der Waals surface area contributed by atoms with Crippen molar-refractivity contribution in [2.75, 3.05) is 13.1 Å². The van der Waals surface area contributed by atoms with Crippen LogP contribution in [0.3, 0.4) is 0 Å². The Morgan fingerprint density at radius 2 is 2.07 bits per heavy atom. The first kappa shape index (κ1) is 14.4. The van der Waals surface area contributed by atoms with Crippen LogP contribution in [0.4, 0.5) is 4.79 Å². The van der Waals surface area contributed by atoms with Crippen LogP contribution in [0.5, 0.6) is 0 Å². The fourth-order valence-electron chi connectivity index (χ4n) is 1.08. The van der Waals surface area contributed by atoms with Gasteiger partial charge in [0.2, 0.25) is 0 Å². The number of hydrogen-bond donors (Lipinski definition) is 0. The van der Waals surface area contributed by atoms with Crippen molar-refractivity contribution in [3.05, 3.63) is 6.42 Å². The van der Waals surface area contributed by atoms with E-state index in [1.807, 2.05) is 20.8 Å². The van der Waals surface area contributed by atoms with Gasteiger partial charge >= 0.3 is 36.1 Å². The Kier molecular flexibility index (Phi) is 6.96. The first-order chi connectivity index (χ1) is 6.49. The third kappa shape index (κ3) is 5.97. The number of carbonyl (C=O) groups is 1. The van der Waals surface area contributed by atoms with Gasteiger partial charge in [-0.3, -0.25) is 0 Å². The summed E-state index contributed by atoms with van der Waals surface area (Å²) >= 11 is 4.25. The SMILES string of the molecule is CC(C)(C)OC(=O)N1C[CH-]CC1.[Zn+][Br]. The molecule has 1 aliphatic heterocycles.